The summed E-state index contributed by atoms with van der Waals surface area (Å²) in [6, 6.07) is 4.92. The van der Waals surface area contributed by atoms with E-state index in [0.29, 0.717) is 10.7 Å². The lowest BCUT2D eigenvalue weighted by molar-refractivity contribution is 0.248. The van der Waals surface area contributed by atoms with E-state index in [-0.39, 0.29) is 12.1 Å². The summed E-state index contributed by atoms with van der Waals surface area (Å²) in [6.45, 7) is 4.76. The fourth-order valence-corrected chi connectivity index (χ4v) is 3.15. The van der Waals surface area contributed by atoms with Crippen molar-refractivity contribution in [3.8, 4) is 0 Å². The van der Waals surface area contributed by atoms with Gasteiger partial charge in [0, 0.05) is 23.7 Å². The van der Waals surface area contributed by atoms with Gasteiger partial charge in [-0.05, 0) is 44.4 Å². The van der Waals surface area contributed by atoms with Gasteiger partial charge in [0.2, 0.25) is 0 Å². The molecule has 0 bridgehead atoms. The zero-order valence-corrected chi connectivity index (χ0v) is 14.7. The lowest BCUT2D eigenvalue weighted by Gasteiger charge is -2.16. The van der Waals surface area contributed by atoms with Crippen molar-refractivity contribution >= 4 is 23.3 Å². The Morgan fingerprint density at radius 3 is 2.96 bits per heavy atom. The Morgan fingerprint density at radius 1 is 1.29 bits per heavy atom. The van der Waals surface area contributed by atoms with Gasteiger partial charge in [0.15, 0.2) is 5.82 Å². The molecular weight excluding hydrogens is 326 g/mol. The van der Waals surface area contributed by atoms with Gasteiger partial charge in [0.05, 0.1) is 6.04 Å². The van der Waals surface area contributed by atoms with E-state index in [1.807, 2.05) is 19.9 Å². The number of hydrogen-bond acceptors (Lipinski definition) is 3. The van der Waals surface area contributed by atoms with E-state index in [0.717, 1.165) is 43.0 Å². The molecule has 24 heavy (non-hydrogen) atoms. The Bertz CT molecular complexity index is 743. The maximum atomic E-state index is 12.3. The molecule has 3 rings (SSSR count). The lowest BCUT2D eigenvalue weighted by atomic mass is 10.2. The summed E-state index contributed by atoms with van der Waals surface area (Å²) in [7, 11) is 0. The summed E-state index contributed by atoms with van der Waals surface area (Å²) >= 11 is 5.99. The number of aromatic nitrogens is 3. The van der Waals surface area contributed by atoms with E-state index in [2.05, 4.69) is 25.4 Å². The summed E-state index contributed by atoms with van der Waals surface area (Å²) < 4.78 is 2.14. The van der Waals surface area contributed by atoms with Crippen LogP contribution in [0.25, 0.3) is 0 Å². The van der Waals surface area contributed by atoms with Crippen LogP contribution in [0.15, 0.2) is 18.2 Å². The standard InChI is InChI=1S/C17H22ClN5O/c1-11-7-8-13(18)10-14(11)20-17(24)19-12(2)16-22-21-15-6-4-3-5-9-23(15)16/h7-8,10,12H,3-6,9H2,1-2H3,(H2,19,20,24)/t12-/m1/s1. The van der Waals surface area contributed by atoms with E-state index in [1.165, 1.54) is 6.42 Å². The van der Waals surface area contributed by atoms with Gasteiger partial charge in [-0.1, -0.05) is 24.1 Å². The SMILES string of the molecule is Cc1ccc(Cl)cc1NC(=O)N[C@H](C)c1nnc2n1CCCCC2. The summed E-state index contributed by atoms with van der Waals surface area (Å²) in [4.78, 5) is 12.3. The largest absolute Gasteiger partial charge is 0.328 e. The molecule has 128 valence electrons. The van der Waals surface area contributed by atoms with Gasteiger partial charge in [-0.2, -0.15) is 0 Å². The van der Waals surface area contributed by atoms with Crippen molar-refractivity contribution in [3.63, 3.8) is 0 Å². The maximum Gasteiger partial charge on any atom is 0.319 e. The van der Waals surface area contributed by atoms with Gasteiger partial charge >= 0.3 is 6.03 Å². The minimum absolute atomic E-state index is 0.219. The normalized spacial score (nSPS) is 15.3. The van der Waals surface area contributed by atoms with Gasteiger partial charge < -0.3 is 15.2 Å². The predicted octanol–water partition coefficient (Wildman–Crippen LogP) is 3.85. The monoisotopic (exact) mass is 347 g/mol. The highest BCUT2D eigenvalue weighted by atomic mass is 35.5. The number of halogens is 1. The van der Waals surface area contributed by atoms with Crippen molar-refractivity contribution < 1.29 is 4.79 Å². The number of nitrogens with one attached hydrogen (secondary N) is 2. The van der Waals surface area contributed by atoms with Crippen molar-refractivity contribution in [2.75, 3.05) is 5.32 Å². The van der Waals surface area contributed by atoms with E-state index >= 15 is 0 Å². The Labute approximate surface area is 146 Å². The quantitative estimate of drug-likeness (QED) is 0.885. The van der Waals surface area contributed by atoms with Gasteiger partial charge in [0.25, 0.3) is 0 Å². The number of benzene rings is 1. The molecule has 0 spiro atoms. The van der Waals surface area contributed by atoms with Gasteiger partial charge in [0.1, 0.15) is 5.82 Å². The number of carbonyl (C=O) groups excluding carboxylic acids is 1. The number of carbonyl (C=O) groups is 1. The van der Waals surface area contributed by atoms with E-state index in [1.54, 1.807) is 12.1 Å². The van der Waals surface area contributed by atoms with Crippen molar-refractivity contribution in [2.45, 2.75) is 52.1 Å². The number of nitrogens with zero attached hydrogens (tertiary/aromatic N) is 3. The molecule has 1 aromatic carbocycles. The number of aryl methyl sites for hydroxylation is 2. The first-order valence-corrected chi connectivity index (χ1v) is 8.68. The number of anilines is 1. The molecule has 1 atom stereocenters. The highest BCUT2D eigenvalue weighted by Crippen LogP contribution is 2.21. The minimum atomic E-state index is -0.279. The van der Waals surface area contributed by atoms with Gasteiger partial charge in [-0.15, -0.1) is 10.2 Å². The zero-order chi connectivity index (χ0) is 17.1. The van der Waals surface area contributed by atoms with Crippen LogP contribution in [0.4, 0.5) is 10.5 Å². The number of hydrogen-bond donors (Lipinski definition) is 2. The van der Waals surface area contributed by atoms with E-state index < -0.39 is 0 Å². The summed E-state index contributed by atoms with van der Waals surface area (Å²) in [5, 5.41) is 14.9. The van der Waals surface area contributed by atoms with Crippen LogP contribution in [0.2, 0.25) is 5.02 Å². The summed E-state index contributed by atoms with van der Waals surface area (Å²) in [6.07, 6.45) is 4.43. The molecule has 0 saturated carbocycles. The first-order chi connectivity index (χ1) is 11.5. The number of amides is 2. The van der Waals surface area contributed by atoms with E-state index in [9.17, 15) is 4.79 Å². The Morgan fingerprint density at radius 2 is 2.12 bits per heavy atom. The first kappa shape index (κ1) is 16.8. The van der Waals surface area contributed by atoms with Gasteiger partial charge in [-0.25, -0.2) is 4.79 Å². The van der Waals surface area contributed by atoms with Crippen LogP contribution in [-0.4, -0.2) is 20.8 Å². The third-order valence-electron chi connectivity index (χ3n) is 4.32. The average molecular weight is 348 g/mol. The third-order valence-corrected chi connectivity index (χ3v) is 4.56. The van der Waals surface area contributed by atoms with Crippen LogP contribution < -0.4 is 10.6 Å². The number of rotatable bonds is 3. The first-order valence-electron chi connectivity index (χ1n) is 8.30. The van der Waals surface area contributed by atoms with Crippen LogP contribution in [0.5, 0.6) is 0 Å². The van der Waals surface area contributed by atoms with Crippen LogP contribution in [0.1, 0.15) is 49.4 Å². The lowest BCUT2D eigenvalue weighted by Crippen LogP contribution is -2.33. The van der Waals surface area contributed by atoms with Crippen molar-refractivity contribution in [1.82, 2.24) is 20.1 Å². The molecule has 6 nitrogen and oxygen atoms in total. The molecule has 2 N–H and O–H groups in total. The minimum Gasteiger partial charge on any atom is -0.328 e. The fraction of sp³-hybridized carbons (Fsp3) is 0.471. The molecule has 1 aliphatic rings. The topological polar surface area (TPSA) is 71.8 Å². The van der Waals surface area contributed by atoms with Crippen LogP contribution in [0.3, 0.4) is 0 Å². The molecule has 0 fully saturated rings. The Hall–Kier alpha value is -2.08. The Balaban J connectivity index is 1.68. The molecule has 7 heteroatoms. The van der Waals surface area contributed by atoms with Crippen LogP contribution >= 0.6 is 11.6 Å². The molecular formula is C17H22ClN5O. The third kappa shape index (κ3) is 3.70. The second-order valence-corrected chi connectivity index (χ2v) is 6.65. The van der Waals surface area contributed by atoms with Crippen molar-refractivity contribution in [1.29, 1.82) is 0 Å². The highest BCUT2D eigenvalue weighted by molar-refractivity contribution is 6.31. The maximum absolute atomic E-state index is 12.3. The van der Waals surface area contributed by atoms with Crippen LogP contribution in [0, 0.1) is 6.92 Å². The van der Waals surface area contributed by atoms with E-state index in [4.69, 9.17) is 11.6 Å². The molecule has 0 aliphatic carbocycles. The second-order valence-electron chi connectivity index (χ2n) is 6.22. The molecule has 2 heterocycles. The highest BCUT2D eigenvalue weighted by Gasteiger charge is 2.20. The molecule has 1 aliphatic heterocycles. The van der Waals surface area contributed by atoms with Gasteiger partial charge in [-0.3, -0.25) is 0 Å². The zero-order valence-electron chi connectivity index (χ0n) is 14.0. The molecule has 2 aromatic rings. The van der Waals surface area contributed by atoms with Crippen LogP contribution in [-0.2, 0) is 13.0 Å². The molecule has 2 amide bonds. The fourth-order valence-electron chi connectivity index (χ4n) is 2.98. The van der Waals surface area contributed by atoms with Crippen molar-refractivity contribution in [2.24, 2.45) is 0 Å². The summed E-state index contributed by atoms with van der Waals surface area (Å²) in [5.41, 5.74) is 1.66. The van der Waals surface area contributed by atoms with Crippen molar-refractivity contribution in [3.05, 3.63) is 40.4 Å². The second kappa shape index (κ2) is 7.21. The number of fused-ring (bicyclic) bond motifs is 1. The molecule has 0 unspecified atom stereocenters. The molecule has 1 aromatic heterocycles. The number of urea groups is 1. The average Bonchev–Trinajstić information content (AvgIpc) is 2.80. The smallest absolute Gasteiger partial charge is 0.319 e. The predicted molar refractivity (Wildman–Crippen MR) is 94.3 cm³/mol. The molecule has 0 saturated heterocycles. The summed E-state index contributed by atoms with van der Waals surface area (Å²) in [5.74, 6) is 1.83. The Kier molecular flexibility index (Phi) is 5.04. The molecule has 0 radical (unpaired) electrons.